The SMILES string of the molecule is Cc1nn(CC(=O)N2CCN(Cc3ccc(Cl)c(Cl)c3)CC2)c(C)c1[N+](=O)[O-]. The topological polar surface area (TPSA) is 84.5 Å². The zero-order valence-corrected chi connectivity index (χ0v) is 17.2. The number of aryl methyl sites for hydroxylation is 1. The van der Waals surface area contributed by atoms with Gasteiger partial charge < -0.3 is 4.90 Å². The van der Waals surface area contributed by atoms with Crippen LogP contribution in [-0.2, 0) is 17.9 Å². The van der Waals surface area contributed by atoms with E-state index in [0.29, 0.717) is 34.5 Å². The van der Waals surface area contributed by atoms with Crippen molar-refractivity contribution in [1.29, 1.82) is 0 Å². The van der Waals surface area contributed by atoms with E-state index in [1.165, 1.54) is 4.68 Å². The van der Waals surface area contributed by atoms with Gasteiger partial charge in [0.05, 0.1) is 15.0 Å². The lowest BCUT2D eigenvalue weighted by Crippen LogP contribution is -2.49. The van der Waals surface area contributed by atoms with Gasteiger partial charge >= 0.3 is 5.69 Å². The van der Waals surface area contributed by atoms with Crippen molar-refractivity contribution >= 4 is 34.8 Å². The van der Waals surface area contributed by atoms with Gasteiger partial charge in [-0.3, -0.25) is 24.5 Å². The van der Waals surface area contributed by atoms with Crippen LogP contribution in [0.5, 0.6) is 0 Å². The molecule has 1 aromatic carbocycles. The molecule has 10 heteroatoms. The maximum atomic E-state index is 12.6. The van der Waals surface area contributed by atoms with Gasteiger partial charge in [0.25, 0.3) is 0 Å². The summed E-state index contributed by atoms with van der Waals surface area (Å²) < 4.78 is 1.41. The fraction of sp³-hybridized carbons (Fsp3) is 0.444. The van der Waals surface area contributed by atoms with Crippen molar-refractivity contribution in [2.75, 3.05) is 26.2 Å². The monoisotopic (exact) mass is 425 g/mol. The van der Waals surface area contributed by atoms with Crippen molar-refractivity contribution in [2.24, 2.45) is 0 Å². The fourth-order valence-corrected chi connectivity index (χ4v) is 3.71. The molecular formula is C18H21Cl2N5O3. The Morgan fingerprint density at radius 1 is 1.18 bits per heavy atom. The molecule has 8 nitrogen and oxygen atoms in total. The second-order valence-electron chi connectivity index (χ2n) is 6.84. The van der Waals surface area contributed by atoms with Crippen LogP contribution in [0.15, 0.2) is 18.2 Å². The number of carbonyl (C=O) groups excluding carboxylic acids is 1. The van der Waals surface area contributed by atoms with Crippen molar-refractivity contribution in [3.8, 4) is 0 Å². The van der Waals surface area contributed by atoms with E-state index in [1.807, 2.05) is 12.1 Å². The van der Waals surface area contributed by atoms with E-state index in [4.69, 9.17) is 23.2 Å². The molecule has 0 unspecified atom stereocenters. The Balaban J connectivity index is 1.56. The molecule has 2 aromatic rings. The predicted molar refractivity (Wildman–Crippen MR) is 107 cm³/mol. The van der Waals surface area contributed by atoms with E-state index in [0.717, 1.165) is 25.2 Å². The molecule has 1 saturated heterocycles. The molecule has 1 amide bonds. The molecule has 150 valence electrons. The van der Waals surface area contributed by atoms with Gasteiger partial charge in [0.2, 0.25) is 5.91 Å². The summed E-state index contributed by atoms with van der Waals surface area (Å²) in [7, 11) is 0. The van der Waals surface area contributed by atoms with Crippen molar-refractivity contribution in [3.63, 3.8) is 0 Å². The summed E-state index contributed by atoms with van der Waals surface area (Å²) in [6, 6.07) is 5.59. The van der Waals surface area contributed by atoms with E-state index in [1.54, 1.807) is 24.8 Å². The van der Waals surface area contributed by atoms with Crippen LogP contribution in [0, 0.1) is 24.0 Å². The van der Waals surface area contributed by atoms with Crippen LogP contribution in [0.25, 0.3) is 0 Å². The zero-order valence-electron chi connectivity index (χ0n) is 15.7. The molecule has 1 fully saturated rings. The summed E-state index contributed by atoms with van der Waals surface area (Å²) in [5, 5.41) is 16.3. The van der Waals surface area contributed by atoms with Crippen molar-refractivity contribution in [1.82, 2.24) is 19.6 Å². The first-order chi connectivity index (χ1) is 13.3. The van der Waals surface area contributed by atoms with Crippen LogP contribution in [0.3, 0.4) is 0 Å². The van der Waals surface area contributed by atoms with Gasteiger partial charge in [0, 0.05) is 32.7 Å². The number of amides is 1. The first-order valence-electron chi connectivity index (χ1n) is 8.88. The van der Waals surface area contributed by atoms with Gasteiger partial charge in [0.15, 0.2) is 0 Å². The third-order valence-corrected chi connectivity index (χ3v) is 5.67. The lowest BCUT2D eigenvalue weighted by molar-refractivity contribution is -0.386. The zero-order chi connectivity index (χ0) is 20.4. The quantitative estimate of drug-likeness (QED) is 0.542. The third kappa shape index (κ3) is 4.45. The highest BCUT2D eigenvalue weighted by Crippen LogP contribution is 2.24. The summed E-state index contributed by atoms with van der Waals surface area (Å²) in [5.41, 5.74) is 1.76. The molecular weight excluding hydrogens is 405 g/mol. The number of nitro groups is 1. The van der Waals surface area contributed by atoms with E-state index >= 15 is 0 Å². The van der Waals surface area contributed by atoms with Crippen LogP contribution < -0.4 is 0 Å². The van der Waals surface area contributed by atoms with Gasteiger partial charge in [-0.25, -0.2) is 0 Å². The molecule has 0 radical (unpaired) electrons. The number of carbonyl (C=O) groups is 1. The molecule has 28 heavy (non-hydrogen) atoms. The predicted octanol–water partition coefficient (Wildman–Crippen LogP) is 3.06. The van der Waals surface area contributed by atoms with Gasteiger partial charge in [0.1, 0.15) is 17.9 Å². The number of piperazine rings is 1. The Kier molecular flexibility index (Phi) is 6.22. The highest BCUT2D eigenvalue weighted by Gasteiger charge is 2.26. The second-order valence-corrected chi connectivity index (χ2v) is 7.65. The summed E-state index contributed by atoms with van der Waals surface area (Å²) in [4.78, 5) is 27.3. The molecule has 1 aliphatic heterocycles. The number of aromatic nitrogens is 2. The average molecular weight is 426 g/mol. The van der Waals surface area contributed by atoms with Crippen LogP contribution in [-0.4, -0.2) is 56.6 Å². The first kappa shape index (κ1) is 20.6. The van der Waals surface area contributed by atoms with Crippen molar-refractivity contribution in [2.45, 2.75) is 26.9 Å². The standard InChI is InChI=1S/C18H21Cl2N5O3/c1-12-18(25(27)28)13(2)24(21-12)11-17(26)23-7-5-22(6-8-23)10-14-3-4-15(19)16(20)9-14/h3-4,9H,5-8,10-11H2,1-2H3. The maximum absolute atomic E-state index is 12.6. The summed E-state index contributed by atoms with van der Waals surface area (Å²) in [5.74, 6) is -0.0883. The lowest BCUT2D eigenvalue weighted by Gasteiger charge is -2.34. The van der Waals surface area contributed by atoms with Crippen LogP contribution in [0.1, 0.15) is 17.0 Å². The summed E-state index contributed by atoms with van der Waals surface area (Å²) in [6.07, 6.45) is 0. The lowest BCUT2D eigenvalue weighted by atomic mass is 10.2. The van der Waals surface area contributed by atoms with E-state index in [-0.39, 0.29) is 18.1 Å². The minimum absolute atomic E-state index is 0.00725. The number of nitrogens with zero attached hydrogens (tertiary/aromatic N) is 5. The molecule has 0 aliphatic carbocycles. The Labute approximate surface area is 172 Å². The normalized spacial score (nSPS) is 15.1. The molecule has 0 bridgehead atoms. The van der Waals surface area contributed by atoms with Gasteiger partial charge in [-0.2, -0.15) is 5.10 Å². The van der Waals surface area contributed by atoms with Gasteiger partial charge in [-0.15, -0.1) is 0 Å². The number of benzene rings is 1. The Morgan fingerprint density at radius 2 is 1.86 bits per heavy atom. The molecule has 1 aliphatic rings. The highest BCUT2D eigenvalue weighted by atomic mass is 35.5. The molecule has 1 aromatic heterocycles. The Bertz CT molecular complexity index is 907. The Hall–Kier alpha value is -2.16. The third-order valence-electron chi connectivity index (χ3n) is 4.93. The second kappa shape index (κ2) is 8.46. The van der Waals surface area contributed by atoms with Gasteiger partial charge in [-0.1, -0.05) is 29.3 Å². The summed E-state index contributed by atoms with van der Waals surface area (Å²) in [6.45, 7) is 6.61. The van der Waals surface area contributed by atoms with Crippen molar-refractivity contribution < 1.29 is 9.72 Å². The fourth-order valence-electron chi connectivity index (χ4n) is 3.39. The largest absolute Gasteiger partial charge is 0.339 e. The van der Waals surface area contributed by atoms with Crippen LogP contribution >= 0.6 is 23.2 Å². The number of rotatable bonds is 5. The minimum Gasteiger partial charge on any atom is -0.339 e. The summed E-state index contributed by atoms with van der Waals surface area (Å²) >= 11 is 12.0. The molecule has 3 rings (SSSR count). The molecule has 0 N–H and O–H groups in total. The van der Waals surface area contributed by atoms with Gasteiger partial charge in [-0.05, 0) is 31.5 Å². The van der Waals surface area contributed by atoms with Crippen LogP contribution in [0.2, 0.25) is 10.0 Å². The molecule has 0 saturated carbocycles. The Morgan fingerprint density at radius 3 is 2.43 bits per heavy atom. The van der Waals surface area contributed by atoms with E-state index in [2.05, 4.69) is 10.00 Å². The number of hydrogen-bond donors (Lipinski definition) is 0. The first-order valence-corrected chi connectivity index (χ1v) is 9.64. The average Bonchev–Trinajstić information content (AvgIpc) is 2.92. The number of halogens is 2. The van der Waals surface area contributed by atoms with Crippen LogP contribution in [0.4, 0.5) is 5.69 Å². The molecule has 2 heterocycles. The van der Waals surface area contributed by atoms with E-state index in [9.17, 15) is 14.9 Å². The minimum atomic E-state index is -0.458. The molecule has 0 spiro atoms. The maximum Gasteiger partial charge on any atom is 0.312 e. The molecule has 0 atom stereocenters. The van der Waals surface area contributed by atoms with E-state index < -0.39 is 4.92 Å². The highest BCUT2D eigenvalue weighted by molar-refractivity contribution is 6.42. The smallest absolute Gasteiger partial charge is 0.312 e. The number of hydrogen-bond acceptors (Lipinski definition) is 5. The van der Waals surface area contributed by atoms with Crippen molar-refractivity contribution in [3.05, 3.63) is 55.3 Å².